The van der Waals surface area contributed by atoms with Crippen molar-refractivity contribution in [2.45, 2.75) is 139 Å². The van der Waals surface area contributed by atoms with E-state index in [9.17, 15) is 38.4 Å². The zero-order valence-corrected chi connectivity index (χ0v) is 38.9. The van der Waals surface area contributed by atoms with Crippen LogP contribution in [0.1, 0.15) is 89.2 Å². The van der Waals surface area contributed by atoms with Crippen LogP contribution < -0.4 is 42.5 Å². The Bertz CT molecular complexity index is 1830. The average Bonchev–Trinajstić information content (AvgIpc) is 4.03. The van der Waals surface area contributed by atoms with Crippen LogP contribution in [0.25, 0.3) is 0 Å². The molecule has 2 aromatic carbocycles. The predicted molar refractivity (Wildman–Crippen MR) is 248 cm³/mol. The molecule has 0 spiro atoms. The summed E-state index contributed by atoms with van der Waals surface area (Å²) in [6, 6.07) is 11.8. The highest BCUT2D eigenvalue weighted by atomic mass is 16.2. The number of nitrogens with one attached hydrogen (secondary N) is 8. The summed E-state index contributed by atoms with van der Waals surface area (Å²) in [6.07, 6.45) is 4.41. The molecule has 5 rings (SSSR count). The Morgan fingerprint density at radius 3 is 1.29 bits per heavy atom. The summed E-state index contributed by atoms with van der Waals surface area (Å²) in [7, 11) is 3.28. The zero-order chi connectivity index (χ0) is 47.6. The Labute approximate surface area is 388 Å². The van der Waals surface area contributed by atoms with Gasteiger partial charge in [-0.05, 0) is 103 Å². The lowest BCUT2D eigenvalue weighted by atomic mass is 10.0. The number of fused-ring (bicyclic) bond motifs is 2. The lowest BCUT2D eigenvalue weighted by Crippen LogP contribution is -2.58. The van der Waals surface area contributed by atoms with Gasteiger partial charge in [-0.3, -0.25) is 38.4 Å². The molecule has 3 aliphatic heterocycles. The Morgan fingerprint density at radius 1 is 0.545 bits per heavy atom. The molecule has 3 fully saturated rings. The Morgan fingerprint density at radius 2 is 0.924 bits per heavy atom. The minimum absolute atomic E-state index is 0.194. The summed E-state index contributed by atoms with van der Waals surface area (Å²) in [4.78, 5) is 114. The molecule has 3 aliphatic rings. The van der Waals surface area contributed by atoms with E-state index in [-0.39, 0.29) is 50.6 Å². The second-order valence-electron chi connectivity index (χ2n) is 17.6. The molecule has 8 atom stereocenters. The van der Waals surface area contributed by atoms with Gasteiger partial charge in [0.1, 0.15) is 36.3 Å². The number of nitrogens with zero attached hydrogens (tertiary/aromatic N) is 2. The van der Waals surface area contributed by atoms with Crippen molar-refractivity contribution in [2.24, 2.45) is 0 Å². The van der Waals surface area contributed by atoms with Crippen LogP contribution in [-0.4, -0.2) is 146 Å². The largest absolute Gasteiger partial charge is 0.354 e. The SMILES string of the molecule is CN[C@@H](C)C(=O)NC1CCCCNC(=O)[C@H](Cc2ccccc2)NC(=O)[C@@H]2CCCN2C(=O)[C@@H](NC(=O)[C@H](C)NC)CCCCNC(=O)[C@H](Cc2ccccc2)NC(=O)C2CCCN2C1=O. The Kier molecular flexibility index (Phi) is 19.9. The maximum Gasteiger partial charge on any atom is 0.245 e. The van der Waals surface area contributed by atoms with Gasteiger partial charge in [-0.2, -0.15) is 0 Å². The van der Waals surface area contributed by atoms with Crippen LogP contribution in [0.15, 0.2) is 60.7 Å². The zero-order valence-electron chi connectivity index (χ0n) is 38.9. The number of carbonyl (C=O) groups excluding carboxylic acids is 8. The van der Waals surface area contributed by atoms with Crippen molar-refractivity contribution < 1.29 is 38.4 Å². The van der Waals surface area contributed by atoms with E-state index in [4.69, 9.17) is 0 Å². The number of rotatable bonds is 10. The molecule has 0 bridgehead atoms. The number of hydrogen-bond donors (Lipinski definition) is 8. The molecule has 66 heavy (non-hydrogen) atoms. The lowest BCUT2D eigenvalue weighted by molar-refractivity contribution is -0.142. The molecule has 0 aromatic heterocycles. The van der Waals surface area contributed by atoms with Crippen molar-refractivity contribution in [1.82, 2.24) is 52.3 Å². The first-order valence-electron chi connectivity index (χ1n) is 23.6. The summed E-state index contributed by atoms with van der Waals surface area (Å²) >= 11 is 0. The number of amides is 8. The van der Waals surface area contributed by atoms with Crippen molar-refractivity contribution in [3.05, 3.63) is 71.8 Å². The fourth-order valence-corrected chi connectivity index (χ4v) is 8.65. The first-order valence-corrected chi connectivity index (χ1v) is 23.6. The Hall–Kier alpha value is -5.88. The molecule has 2 aromatic rings. The van der Waals surface area contributed by atoms with Gasteiger partial charge in [0.15, 0.2) is 0 Å². The van der Waals surface area contributed by atoms with Gasteiger partial charge in [-0.15, -0.1) is 0 Å². The third-order valence-electron chi connectivity index (χ3n) is 12.8. The number of likely N-dealkylation sites (N-methyl/N-ethyl adjacent to an activating group) is 2. The normalized spacial score (nSPS) is 25.6. The first-order chi connectivity index (χ1) is 31.8. The summed E-state index contributed by atoms with van der Waals surface area (Å²) in [5, 5.41) is 23.3. The second kappa shape index (κ2) is 25.7. The molecule has 8 N–H and O–H groups in total. The van der Waals surface area contributed by atoms with E-state index in [1.54, 1.807) is 27.9 Å². The maximum atomic E-state index is 14.3. The summed E-state index contributed by atoms with van der Waals surface area (Å²) in [5.74, 6) is -3.34. The van der Waals surface area contributed by atoms with Crippen LogP contribution >= 0.6 is 0 Å². The van der Waals surface area contributed by atoms with Crippen LogP contribution in [0.5, 0.6) is 0 Å². The number of carbonyl (C=O) groups is 8. The van der Waals surface area contributed by atoms with E-state index in [0.717, 1.165) is 11.1 Å². The monoisotopic (exact) mass is 915 g/mol. The number of hydrogen-bond acceptors (Lipinski definition) is 10. The van der Waals surface area contributed by atoms with Crippen LogP contribution in [0.4, 0.5) is 0 Å². The number of benzene rings is 2. The maximum absolute atomic E-state index is 14.3. The third kappa shape index (κ3) is 14.6. The Balaban J connectivity index is 1.41. The van der Waals surface area contributed by atoms with E-state index in [1.807, 2.05) is 60.7 Å². The van der Waals surface area contributed by atoms with Crippen molar-refractivity contribution in [3.63, 3.8) is 0 Å². The van der Waals surface area contributed by atoms with Gasteiger partial charge in [0.2, 0.25) is 47.3 Å². The standard InChI is InChI=1S/C48H70N10O8/c1-31(49-3)41(59)53-35-21-11-13-25-51-43(61)38(30-34-19-9-6-10-20-34)56-46(64)40-24-16-28-58(40)48(66)36(54-42(60)32(2)50-4)22-12-14-26-52-44(62)37(29-33-17-7-5-8-18-33)55-45(63)39-23-15-27-57(39)47(35)65/h5-10,17-20,31-32,35-40,49-50H,11-16,21-30H2,1-4H3,(H,51,61)(H,52,62)(H,53,59)(H,54,60)(H,55,63)(H,56,64)/t31-,32-,35-,36?,37-,38-,39-,40?/m0/s1. The van der Waals surface area contributed by atoms with Crippen molar-refractivity contribution in [1.29, 1.82) is 0 Å². The lowest BCUT2D eigenvalue weighted by Gasteiger charge is -2.31. The van der Waals surface area contributed by atoms with Gasteiger partial charge in [0, 0.05) is 39.0 Å². The predicted octanol–water partition coefficient (Wildman–Crippen LogP) is 0.195. The summed E-state index contributed by atoms with van der Waals surface area (Å²) < 4.78 is 0. The minimum atomic E-state index is -0.972. The quantitative estimate of drug-likeness (QED) is 0.161. The van der Waals surface area contributed by atoms with Crippen LogP contribution in [0.3, 0.4) is 0 Å². The van der Waals surface area contributed by atoms with Gasteiger partial charge in [0.05, 0.1) is 12.1 Å². The molecule has 2 unspecified atom stereocenters. The fraction of sp³-hybridized carbons (Fsp3) is 0.583. The molecule has 18 heteroatoms. The van der Waals surface area contributed by atoms with Gasteiger partial charge in [-0.25, -0.2) is 0 Å². The fourth-order valence-electron chi connectivity index (χ4n) is 8.65. The molecule has 360 valence electrons. The molecule has 8 amide bonds. The van der Waals surface area contributed by atoms with E-state index < -0.39 is 83.8 Å². The first kappa shape index (κ1) is 51.1. The molecule has 0 radical (unpaired) electrons. The van der Waals surface area contributed by atoms with E-state index in [1.165, 1.54) is 9.80 Å². The highest BCUT2D eigenvalue weighted by Crippen LogP contribution is 2.23. The van der Waals surface area contributed by atoms with E-state index >= 15 is 0 Å². The van der Waals surface area contributed by atoms with Crippen LogP contribution in [0.2, 0.25) is 0 Å². The summed E-state index contributed by atoms with van der Waals surface area (Å²) in [6.45, 7) is 4.36. The second-order valence-corrected chi connectivity index (χ2v) is 17.6. The van der Waals surface area contributed by atoms with Gasteiger partial charge < -0.3 is 52.3 Å². The molecule has 0 aliphatic carbocycles. The molecular formula is C48H70N10O8. The van der Waals surface area contributed by atoms with Crippen LogP contribution in [0, 0.1) is 0 Å². The smallest absolute Gasteiger partial charge is 0.245 e. The third-order valence-corrected chi connectivity index (χ3v) is 12.8. The van der Waals surface area contributed by atoms with Crippen molar-refractivity contribution in [3.8, 4) is 0 Å². The van der Waals surface area contributed by atoms with Crippen molar-refractivity contribution >= 4 is 47.3 Å². The molecule has 3 heterocycles. The minimum Gasteiger partial charge on any atom is -0.354 e. The highest BCUT2D eigenvalue weighted by molar-refractivity contribution is 5.96. The van der Waals surface area contributed by atoms with Gasteiger partial charge >= 0.3 is 0 Å². The van der Waals surface area contributed by atoms with Crippen LogP contribution in [-0.2, 0) is 51.2 Å². The highest BCUT2D eigenvalue weighted by Gasteiger charge is 2.41. The summed E-state index contributed by atoms with van der Waals surface area (Å²) in [5.41, 5.74) is 1.64. The molecule has 3 saturated heterocycles. The molecular weight excluding hydrogens is 845 g/mol. The van der Waals surface area contributed by atoms with Gasteiger partial charge in [0.25, 0.3) is 0 Å². The molecule has 0 saturated carbocycles. The van der Waals surface area contributed by atoms with E-state index in [0.29, 0.717) is 64.5 Å². The average molecular weight is 915 g/mol. The molecule has 18 nitrogen and oxygen atoms in total. The van der Waals surface area contributed by atoms with E-state index in [2.05, 4.69) is 42.5 Å². The van der Waals surface area contributed by atoms with Gasteiger partial charge in [-0.1, -0.05) is 60.7 Å². The topological polar surface area (TPSA) is 239 Å². The van der Waals surface area contributed by atoms with Crippen molar-refractivity contribution in [2.75, 3.05) is 40.3 Å².